The summed E-state index contributed by atoms with van der Waals surface area (Å²) < 4.78 is 101. The molecule has 0 saturated carbocycles. The second-order valence-electron chi connectivity index (χ2n) is 13.2. The Bertz CT molecular complexity index is 2990. The molecule has 3 aromatic heterocycles. The van der Waals surface area contributed by atoms with Gasteiger partial charge in [-0.3, -0.25) is 0 Å². The van der Waals surface area contributed by atoms with Crippen LogP contribution in [0.1, 0.15) is 37.3 Å². The number of nitriles is 1. The van der Waals surface area contributed by atoms with Gasteiger partial charge >= 0.3 is 173 Å². The molecule has 0 aliphatic heterocycles. The molecule has 1 radical (unpaired) electrons. The summed E-state index contributed by atoms with van der Waals surface area (Å²) in [5, 5.41) is 10.6. The van der Waals surface area contributed by atoms with Gasteiger partial charge in [-0.25, -0.2) is 0 Å². The number of nitrogens with zero attached hydrogens (tertiary/aromatic N) is 3. The minimum absolute atomic E-state index is 0. The van der Waals surface area contributed by atoms with Gasteiger partial charge < -0.3 is 9.40 Å². The zero-order valence-corrected chi connectivity index (χ0v) is 33.5. The molecule has 6 heteroatoms. The van der Waals surface area contributed by atoms with Crippen LogP contribution in [0, 0.1) is 44.0 Å². The van der Waals surface area contributed by atoms with Crippen molar-refractivity contribution in [2.45, 2.75) is 37.8 Å². The van der Waals surface area contributed by atoms with E-state index in [1.54, 1.807) is 36.5 Å². The van der Waals surface area contributed by atoms with Gasteiger partial charge in [0.2, 0.25) is 0 Å². The van der Waals surface area contributed by atoms with E-state index < -0.39 is 45.4 Å². The second-order valence-corrected chi connectivity index (χ2v) is 23.9. The van der Waals surface area contributed by atoms with E-state index in [9.17, 15) is 6.63 Å². The Labute approximate surface area is 343 Å². The first-order valence-electron chi connectivity index (χ1n) is 22.0. The Morgan fingerprint density at radius 2 is 1.55 bits per heavy atom. The zero-order chi connectivity index (χ0) is 45.6. The summed E-state index contributed by atoms with van der Waals surface area (Å²) in [5.41, 5.74) is 1.61. The number of hydrogen-bond acceptors (Lipinski definition) is 4. The second kappa shape index (κ2) is 15.9. The third-order valence-electron chi connectivity index (χ3n) is 8.69. The van der Waals surface area contributed by atoms with E-state index in [2.05, 4.69) is 39.4 Å². The molecule has 0 aliphatic carbocycles. The molecule has 8 rings (SSSR count). The summed E-state index contributed by atoms with van der Waals surface area (Å²) in [6, 6.07) is 37.4. The monoisotopic (exact) mass is 939 g/mol. The van der Waals surface area contributed by atoms with Gasteiger partial charge in [0.15, 0.2) is 0 Å². The fourth-order valence-corrected chi connectivity index (χ4v) is 8.39. The average Bonchev–Trinajstić information content (AvgIpc) is 3.63. The summed E-state index contributed by atoms with van der Waals surface area (Å²) in [6.45, 7) is -8.61. The summed E-state index contributed by atoms with van der Waals surface area (Å²) in [5.74, 6) is 6.63. The van der Waals surface area contributed by atoms with Gasteiger partial charge in [0, 0.05) is 31.7 Å². The van der Waals surface area contributed by atoms with E-state index in [0.717, 1.165) is 21.9 Å². The van der Waals surface area contributed by atoms with Crippen molar-refractivity contribution in [3.05, 3.63) is 162 Å². The summed E-state index contributed by atoms with van der Waals surface area (Å²) in [6.07, 6.45) is 2.86. The molecule has 4 nitrogen and oxygen atoms in total. The Hall–Kier alpha value is -5.12. The van der Waals surface area contributed by atoms with Crippen molar-refractivity contribution < 1.29 is 39.6 Å². The standard InChI is InChI=1S/C36H31GeN2O.C11H8N.Ir/c1-22-17-32(23(2)16-31(22)26-11-13-27(14-12-26)37(4,5)6)33-19-34(39-21-24(33)3)30-9-7-8-29-28-15-10-25(20-38)18-35(28)40-36(29)30;1-2-6-10(7-3-1)11-8-4-5-9-12-11;/h7-8,10-19,21H,1-6H3;1-6,8-9H;/q2*-1;/i1D3,2D3,3D3,17D,18D;;. The number of rotatable bonds is 5. The minimum Gasteiger partial charge on any atom is -0.305 e. The molecule has 0 fully saturated rings. The van der Waals surface area contributed by atoms with Gasteiger partial charge in [-0.15, -0.1) is 54.1 Å². The van der Waals surface area contributed by atoms with Crippen molar-refractivity contribution in [3.63, 3.8) is 0 Å². The van der Waals surface area contributed by atoms with Crippen LogP contribution in [0.4, 0.5) is 0 Å². The van der Waals surface area contributed by atoms with Crippen molar-refractivity contribution in [2.75, 3.05) is 0 Å². The number of aromatic nitrogens is 2. The molecule has 53 heavy (non-hydrogen) atoms. The quantitative estimate of drug-likeness (QED) is 0.127. The molecule has 0 atom stereocenters. The fraction of sp³-hybridized carbons (Fsp3) is 0.128. The molecule has 3 heterocycles. The van der Waals surface area contributed by atoms with Crippen molar-refractivity contribution in [2.24, 2.45) is 0 Å². The van der Waals surface area contributed by atoms with Crippen LogP contribution in [-0.2, 0) is 20.1 Å². The number of pyridine rings is 2. The Balaban J connectivity index is 0.000000449. The van der Waals surface area contributed by atoms with Crippen LogP contribution >= 0.6 is 0 Å². The SMILES string of the molecule is [2H]c1c(-c2cc(-c3[c-]ccc4c3oc3c([2H])c(C#N)ccc34)ncc2C([2H])([2H])[2H])c(C([2H])([2H])[2H])cc(-c2cc[c]([Ge]([CH3])([CH3])[CH3])cc2)c1C([2H])([2H])[2H].[Ir].[c-]1ccccc1-c1ccccn1. The van der Waals surface area contributed by atoms with E-state index in [1.165, 1.54) is 18.2 Å². The number of benzene rings is 5. The number of furan rings is 1. The van der Waals surface area contributed by atoms with E-state index in [4.69, 9.17) is 18.1 Å². The van der Waals surface area contributed by atoms with Crippen LogP contribution in [0.2, 0.25) is 17.3 Å². The van der Waals surface area contributed by atoms with Crippen molar-refractivity contribution in [1.29, 1.82) is 5.26 Å². The van der Waals surface area contributed by atoms with Gasteiger partial charge in [0.25, 0.3) is 0 Å². The molecule has 8 aromatic rings. The molecule has 0 amide bonds. The maximum atomic E-state index is 9.45. The molecule has 0 saturated heterocycles. The number of hydrogen-bond donors (Lipinski definition) is 0. The molecular weight excluding hydrogens is 887 g/mol. The van der Waals surface area contributed by atoms with Crippen LogP contribution < -0.4 is 4.40 Å². The van der Waals surface area contributed by atoms with E-state index in [1.807, 2.05) is 60.7 Å². The van der Waals surface area contributed by atoms with E-state index >= 15 is 0 Å². The smallest absolute Gasteiger partial charge is 0.0160 e. The molecule has 5 aromatic carbocycles. The Morgan fingerprint density at radius 1 is 0.736 bits per heavy atom. The molecule has 0 bridgehead atoms. The summed E-state index contributed by atoms with van der Waals surface area (Å²) in [7, 11) is 0. The number of fused-ring (bicyclic) bond motifs is 3. The minimum atomic E-state index is -2.89. The van der Waals surface area contributed by atoms with Crippen LogP contribution in [-0.4, -0.2) is 23.2 Å². The van der Waals surface area contributed by atoms with Crippen molar-refractivity contribution in [1.82, 2.24) is 9.97 Å². The predicted molar refractivity (Wildman–Crippen MR) is 217 cm³/mol. The Morgan fingerprint density at radius 3 is 2.25 bits per heavy atom. The van der Waals surface area contributed by atoms with Gasteiger partial charge in [0.05, 0.1) is 18.6 Å². The normalized spacial score (nSPS) is 14.8. The van der Waals surface area contributed by atoms with Crippen LogP contribution in [0.15, 0.2) is 132 Å². The maximum Gasteiger partial charge on any atom is 0.0160 e. The largest absolute Gasteiger partial charge is 0.305 e. The van der Waals surface area contributed by atoms with Crippen molar-refractivity contribution in [3.8, 4) is 50.8 Å². The summed E-state index contributed by atoms with van der Waals surface area (Å²) >= 11 is -2.27. The number of aryl methyl sites for hydroxylation is 2. The first-order valence-corrected chi connectivity index (χ1v) is 23.9. The zero-order valence-electron chi connectivity index (χ0n) is 40.1. The third kappa shape index (κ3) is 7.97. The summed E-state index contributed by atoms with van der Waals surface area (Å²) in [4.78, 5) is 8.62. The van der Waals surface area contributed by atoms with Gasteiger partial charge in [-0.2, -0.15) is 5.26 Å². The molecule has 0 N–H and O–H groups in total. The van der Waals surface area contributed by atoms with E-state index in [-0.39, 0.29) is 82.0 Å². The predicted octanol–water partition coefficient (Wildman–Crippen LogP) is 11.7. The third-order valence-corrected chi connectivity index (χ3v) is 13.0. The first-order chi connectivity index (χ1) is 29.6. The van der Waals surface area contributed by atoms with Gasteiger partial charge in [0.1, 0.15) is 5.58 Å². The molecule has 263 valence electrons. The van der Waals surface area contributed by atoms with Crippen molar-refractivity contribution >= 4 is 39.6 Å². The molecule has 0 unspecified atom stereocenters. The fourth-order valence-electron chi connectivity index (χ4n) is 5.94. The van der Waals surface area contributed by atoms with Crippen LogP contribution in [0.5, 0.6) is 0 Å². The first kappa shape index (κ1) is 25.8. The van der Waals surface area contributed by atoms with Gasteiger partial charge in [-0.05, 0) is 23.9 Å². The Kier molecular flexibility index (Phi) is 7.72. The maximum absolute atomic E-state index is 9.45. The molecule has 0 aliphatic rings. The van der Waals surface area contributed by atoms with E-state index in [0.29, 0.717) is 16.3 Å². The van der Waals surface area contributed by atoms with Gasteiger partial charge in [-0.1, -0.05) is 23.6 Å². The van der Waals surface area contributed by atoms with Crippen LogP contribution in [0.3, 0.4) is 0 Å². The molecule has 0 spiro atoms. The molecular formula is C47H39GeIrN3O-2. The van der Waals surface area contributed by atoms with Crippen LogP contribution in [0.25, 0.3) is 66.7 Å². The average molecular weight is 938 g/mol. The topological polar surface area (TPSA) is 62.7 Å².